The van der Waals surface area contributed by atoms with Gasteiger partial charge in [0.05, 0.1) is 11.7 Å². The summed E-state index contributed by atoms with van der Waals surface area (Å²) in [6.07, 6.45) is 2.82. The van der Waals surface area contributed by atoms with Gasteiger partial charge in [0.25, 0.3) is 0 Å². The second-order valence-electron chi connectivity index (χ2n) is 3.40. The average molecular weight is 236 g/mol. The van der Waals surface area contributed by atoms with Gasteiger partial charge in [0.2, 0.25) is 0 Å². The van der Waals surface area contributed by atoms with E-state index in [-0.39, 0.29) is 5.56 Å². The van der Waals surface area contributed by atoms with Crippen LogP contribution >= 0.6 is 0 Å². The van der Waals surface area contributed by atoms with Crippen LogP contribution in [0.15, 0.2) is 36.8 Å². The third kappa shape index (κ3) is 2.43. The van der Waals surface area contributed by atoms with Crippen LogP contribution in [0.2, 0.25) is 0 Å². The molecule has 0 radical (unpaired) electrons. The average Bonchev–Trinajstić information content (AvgIpc) is 2.36. The van der Waals surface area contributed by atoms with Crippen LogP contribution in [0.3, 0.4) is 0 Å². The summed E-state index contributed by atoms with van der Waals surface area (Å²) >= 11 is 0. The minimum Gasteiger partial charge on any atom is -0.271 e. The molecule has 2 rings (SSSR count). The fourth-order valence-electron chi connectivity index (χ4n) is 1.54. The lowest BCUT2D eigenvalue weighted by Crippen LogP contribution is -2.30. The number of halogens is 2. The predicted octanol–water partition coefficient (Wildman–Crippen LogP) is 1.31. The predicted molar refractivity (Wildman–Crippen MR) is 57.6 cm³/mol. The second-order valence-corrected chi connectivity index (χ2v) is 3.40. The first-order valence-electron chi connectivity index (χ1n) is 4.89. The van der Waals surface area contributed by atoms with Crippen molar-refractivity contribution < 1.29 is 8.78 Å². The summed E-state index contributed by atoms with van der Waals surface area (Å²) < 4.78 is 26.7. The SMILES string of the molecule is NNC(c1ccncn1)c1cc(F)ccc1F. The molecule has 2 aromatic rings. The van der Waals surface area contributed by atoms with E-state index in [1.807, 2.05) is 0 Å². The lowest BCUT2D eigenvalue weighted by atomic mass is 10.0. The first-order valence-corrected chi connectivity index (χ1v) is 4.89. The summed E-state index contributed by atoms with van der Waals surface area (Å²) in [6, 6.07) is 4.05. The van der Waals surface area contributed by atoms with Crippen molar-refractivity contribution >= 4 is 0 Å². The first-order chi connectivity index (χ1) is 8.22. The molecule has 0 aliphatic heterocycles. The minimum atomic E-state index is -0.714. The number of hydrogen-bond donors (Lipinski definition) is 2. The summed E-state index contributed by atoms with van der Waals surface area (Å²) in [4.78, 5) is 7.70. The van der Waals surface area contributed by atoms with Crippen molar-refractivity contribution in [1.82, 2.24) is 15.4 Å². The molecule has 0 amide bonds. The highest BCUT2D eigenvalue weighted by atomic mass is 19.1. The molecular weight excluding hydrogens is 226 g/mol. The molecule has 0 spiro atoms. The fourth-order valence-corrected chi connectivity index (χ4v) is 1.54. The van der Waals surface area contributed by atoms with Gasteiger partial charge < -0.3 is 0 Å². The molecule has 88 valence electrons. The van der Waals surface area contributed by atoms with Gasteiger partial charge in [-0.15, -0.1) is 0 Å². The zero-order valence-electron chi connectivity index (χ0n) is 8.77. The molecule has 3 N–H and O–H groups in total. The standard InChI is InChI=1S/C11H10F2N4/c12-7-1-2-9(13)8(5-7)11(17-14)10-3-4-15-6-16-10/h1-6,11,17H,14H2. The van der Waals surface area contributed by atoms with Crippen LogP contribution in [0, 0.1) is 11.6 Å². The third-order valence-electron chi connectivity index (χ3n) is 2.34. The smallest absolute Gasteiger partial charge is 0.128 e. The fraction of sp³-hybridized carbons (Fsp3) is 0.0909. The van der Waals surface area contributed by atoms with Gasteiger partial charge in [0.15, 0.2) is 0 Å². The lowest BCUT2D eigenvalue weighted by Gasteiger charge is -2.16. The van der Waals surface area contributed by atoms with Crippen molar-refractivity contribution in [2.45, 2.75) is 6.04 Å². The summed E-state index contributed by atoms with van der Waals surface area (Å²) in [7, 11) is 0. The van der Waals surface area contributed by atoms with Crippen molar-refractivity contribution in [1.29, 1.82) is 0 Å². The number of nitrogens with one attached hydrogen (secondary N) is 1. The zero-order chi connectivity index (χ0) is 12.3. The number of nitrogens with zero attached hydrogens (tertiary/aromatic N) is 2. The van der Waals surface area contributed by atoms with Crippen LogP contribution < -0.4 is 11.3 Å². The highest BCUT2D eigenvalue weighted by molar-refractivity contribution is 5.28. The second kappa shape index (κ2) is 4.94. The Morgan fingerprint density at radius 1 is 1.24 bits per heavy atom. The number of hydrazine groups is 1. The van der Waals surface area contributed by atoms with E-state index in [2.05, 4.69) is 15.4 Å². The van der Waals surface area contributed by atoms with Gasteiger partial charge in [-0.25, -0.2) is 24.2 Å². The molecule has 1 aromatic carbocycles. The summed E-state index contributed by atoms with van der Waals surface area (Å²) in [5.41, 5.74) is 2.97. The van der Waals surface area contributed by atoms with E-state index >= 15 is 0 Å². The van der Waals surface area contributed by atoms with Crippen molar-refractivity contribution in [2.24, 2.45) is 5.84 Å². The van der Waals surface area contributed by atoms with Crippen molar-refractivity contribution in [3.63, 3.8) is 0 Å². The molecule has 0 saturated heterocycles. The summed E-state index contributed by atoms with van der Waals surface area (Å²) in [5.74, 6) is 4.28. The van der Waals surface area contributed by atoms with Crippen LogP contribution in [0.4, 0.5) is 8.78 Å². The Morgan fingerprint density at radius 3 is 2.71 bits per heavy atom. The lowest BCUT2D eigenvalue weighted by molar-refractivity contribution is 0.539. The molecule has 0 aliphatic rings. The van der Waals surface area contributed by atoms with E-state index in [1.165, 1.54) is 12.5 Å². The van der Waals surface area contributed by atoms with Gasteiger partial charge in [-0.05, 0) is 24.3 Å². The molecular formula is C11H10F2N4. The molecule has 1 atom stereocenters. The summed E-state index contributed by atoms with van der Waals surface area (Å²) in [5, 5.41) is 0. The van der Waals surface area contributed by atoms with Gasteiger partial charge in [-0.1, -0.05) is 0 Å². The number of hydrogen-bond acceptors (Lipinski definition) is 4. The molecule has 0 fully saturated rings. The first kappa shape index (κ1) is 11.6. The molecule has 0 bridgehead atoms. The maximum atomic E-state index is 13.6. The van der Waals surface area contributed by atoms with Gasteiger partial charge >= 0.3 is 0 Å². The Kier molecular flexibility index (Phi) is 3.36. The van der Waals surface area contributed by atoms with Gasteiger partial charge in [-0.2, -0.15) is 0 Å². The van der Waals surface area contributed by atoms with E-state index in [0.717, 1.165) is 18.2 Å². The van der Waals surface area contributed by atoms with Crippen LogP contribution in [-0.4, -0.2) is 9.97 Å². The van der Waals surface area contributed by atoms with Gasteiger partial charge in [0.1, 0.15) is 18.0 Å². The van der Waals surface area contributed by atoms with Crippen LogP contribution in [-0.2, 0) is 0 Å². The molecule has 0 aliphatic carbocycles. The molecule has 17 heavy (non-hydrogen) atoms. The van der Waals surface area contributed by atoms with E-state index in [1.54, 1.807) is 6.07 Å². The van der Waals surface area contributed by atoms with Gasteiger partial charge in [-0.3, -0.25) is 5.84 Å². The van der Waals surface area contributed by atoms with Crippen molar-refractivity contribution in [3.8, 4) is 0 Å². The van der Waals surface area contributed by atoms with Crippen LogP contribution in [0.25, 0.3) is 0 Å². The van der Waals surface area contributed by atoms with Crippen LogP contribution in [0.5, 0.6) is 0 Å². The largest absolute Gasteiger partial charge is 0.271 e. The van der Waals surface area contributed by atoms with Gasteiger partial charge in [0, 0.05) is 11.8 Å². The minimum absolute atomic E-state index is 0.103. The Hall–Kier alpha value is -1.92. The van der Waals surface area contributed by atoms with Crippen molar-refractivity contribution in [2.75, 3.05) is 0 Å². The maximum absolute atomic E-state index is 13.6. The molecule has 1 unspecified atom stereocenters. The Labute approximate surface area is 96.5 Å². The van der Waals surface area contributed by atoms with Crippen LogP contribution in [0.1, 0.15) is 17.3 Å². The summed E-state index contributed by atoms with van der Waals surface area (Å²) in [6.45, 7) is 0. The molecule has 4 nitrogen and oxygen atoms in total. The Bertz CT molecular complexity index is 504. The Balaban J connectivity index is 2.46. The third-order valence-corrected chi connectivity index (χ3v) is 2.34. The van der Waals surface area contributed by atoms with E-state index in [9.17, 15) is 8.78 Å². The molecule has 6 heteroatoms. The van der Waals surface area contributed by atoms with Crippen molar-refractivity contribution in [3.05, 3.63) is 59.7 Å². The Morgan fingerprint density at radius 2 is 2.06 bits per heavy atom. The monoisotopic (exact) mass is 236 g/mol. The van der Waals surface area contributed by atoms with E-state index in [0.29, 0.717) is 5.69 Å². The topological polar surface area (TPSA) is 63.8 Å². The van der Waals surface area contributed by atoms with E-state index in [4.69, 9.17) is 5.84 Å². The number of nitrogens with two attached hydrogens (primary N) is 1. The van der Waals surface area contributed by atoms with E-state index < -0.39 is 17.7 Å². The zero-order valence-corrected chi connectivity index (χ0v) is 8.77. The highest BCUT2D eigenvalue weighted by Crippen LogP contribution is 2.22. The normalized spacial score (nSPS) is 12.4. The maximum Gasteiger partial charge on any atom is 0.128 e. The quantitative estimate of drug-likeness (QED) is 0.623. The number of benzene rings is 1. The molecule has 0 saturated carbocycles. The molecule has 1 heterocycles. The molecule has 1 aromatic heterocycles. The number of aromatic nitrogens is 2. The highest BCUT2D eigenvalue weighted by Gasteiger charge is 2.18. The number of rotatable bonds is 3.